The minimum Gasteiger partial charge on any atom is -0.423 e. The van der Waals surface area contributed by atoms with E-state index in [2.05, 4.69) is 32.1 Å². The summed E-state index contributed by atoms with van der Waals surface area (Å²) in [5, 5.41) is 0. The zero-order chi connectivity index (χ0) is 41.8. The van der Waals surface area contributed by atoms with Gasteiger partial charge in [-0.05, 0) is 94.1 Å². The first-order valence-electron chi connectivity index (χ1n) is 16.8. The second kappa shape index (κ2) is 19.1. The van der Waals surface area contributed by atoms with Gasteiger partial charge in [-0.2, -0.15) is 8.78 Å². The molecule has 296 valence electrons. The van der Waals surface area contributed by atoms with Gasteiger partial charge in [0.05, 0.1) is 0 Å². The van der Waals surface area contributed by atoms with Gasteiger partial charge in [-0.25, -0.2) is 28.8 Å². The summed E-state index contributed by atoms with van der Waals surface area (Å²) >= 11 is 0. The van der Waals surface area contributed by atoms with Crippen molar-refractivity contribution in [1.29, 1.82) is 0 Å². The van der Waals surface area contributed by atoms with Crippen LogP contribution in [0, 0.1) is 0 Å². The van der Waals surface area contributed by atoms with Crippen LogP contribution in [-0.2, 0) is 38.1 Å². The van der Waals surface area contributed by atoms with E-state index in [-0.39, 0.29) is 17.4 Å². The van der Waals surface area contributed by atoms with Gasteiger partial charge in [0.1, 0.15) is 23.0 Å². The quantitative estimate of drug-likeness (QED) is 0.0394. The van der Waals surface area contributed by atoms with Crippen molar-refractivity contribution in [1.82, 2.24) is 0 Å². The highest BCUT2D eigenvalue weighted by atomic mass is 19.1. The van der Waals surface area contributed by atoms with Crippen molar-refractivity contribution in [2.75, 3.05) is 13.6 Å². The molecule has 14 nitrogen and oxygen atoms in total. The smallest absolute Gasteiger partial charge is 0.423 e. The molecule has 16 heteroatoms. The van der Waals surface area contributed by atoms with E-state index in [9.17, 15) is 37.5 Å². The molecule has 1 aliphatic carbocycles. The summed E-state index contributed by atoms with van der Waals surface area (Å²) in [4.78, 5) is 70.6. The number of esters is 4. The largest absolute Gasteiger partial charge is 0.516 e. The van der Waals surface area contributed by atoms with Crippen LogP contribution in [0.1, 0.15) is 35.1 Å². The molecule has 0 heterocycles. The SMILES string of the molecule is C=C(F)C(=O)OCOC(=O)Oc1ccc(/C=C/C(=O)Oc2ccc3c(c2)C(C)c2cc(OC(=O)/C=C/c4ccc(OC(=O)OCOC(=O)C(=C)F)cc4)ccc2-3)cc1. The number of hydrogen-bond acceptors (Lipinski definition) is 14. The Morgan fingerprint density at radius 1 is 0.534 bits per heavy atom. The third-order valence-corrected chi connectivity index (χ3v) is 7.87. The number of benzene rings is 4. The molecule has 0 radical (unpaired) electrons. The molecule has 5 rings (SSSR count). The Balaban J connectivity index is 1.09. The van der Waals surface area contributed by atoms with Gasteiger partial charge in [0.15, 0.2) is 0 Å². The lowest BCUT2D eigenvalue weighted by Gasteiger charge is -2.09. The lowest BCUT2D eigenvalue weighted by atomic mass is 9.99. The average molecular weight is 797 g/mol. The maximum absolute atomic E-state index is 12.6. The lowest BCUT2D eigenvalue weighted by Crippen LogP contribution is -2.15. The number of halogens is 2. The normalized spacial score (nSPS) is 11.5. The first-order valence-corrected chi connectivity index (χ1v) is 16.8. The Bertz CT molecular complexity index is 2170. The molecule has 0 aromatic heterocycles. The van der Waals surface area contributed by atoms with Gasteiger partial charge in [-0.1, -0.05) is 56.5 Å². The molecule has 58 heavy (non-hydrogen) atoms. The van der Waals surface area contributed by atoms with Gasteiger partial charge in [0, 0.05) is 18.1 Å². The van der Waals surface area contributed by atoms with Crippen LogP contribution >= 0.6 is 0 Å². The summed E-state index contributed by atoms with van der Waals surface area (Å²) in [6.07, 6.45) is 3.04. The Labute approximate surface area is 328 Å². The van der Waals surface area contributed by atoms with Crippen molar-refractivity contribution in [3.05, 3.63) is 144 Å². The molecule has 0 saturated heterocycles. The molecule has 1 aliphatic rings. The van der Waals surface area contributed by atoms with Crippen LogP contribution in [0.4, 0.5) is 18.4 Å². The molecule has 0 saturated carbocycles. The number of ether oxygens (including phenoxy) is 8. The van der Waals surface area contributed by atoms with Gasteiger partial charge in [-0.15, -0.1) is 0 Å². The van der Waals surface area contributed by atoms with Crippen LogP contribution in [0.25, 0.3) is 23.3 Å². The first-order chi connectivity index (χ1) is 27.7. The molecule has 0 spiro atoms. The fourth-order valence-corrected chi connectivity index (χ4v) is 5.18. The highest BCUT2D eigenvalue weighted by molar-refractivity contribution is 5.90. The predicted octanol–water partition coefficient (Wildman–Crippen LogP) is 8.06. The number of carbonyl (C=O) groups is 6. The van der Waals surface area contributed by atoms with Crippen LogP contribution < -0.4 is 18.9 Å². The van der Waals surface area contributed by atoms with Crippen molar-refractivity contribution in [2.24, 2.45) is 0 Å². The number of carbonyl (C=O) groups excluding carboxylic acids is 6. The highest BCUT2D eigenvalue weighted by Crippen LogP contribution is 2.47. The molecule has 0 amide bonds. The second-order valence-electron chi connectivity index (χ2n) is 11.8. The van der Waals surface area contributed by atoms with Gasteiger partial charge in [0.2, 0.25) is 25.2 Å². The van der Waals surface area contributed by atoms with E-state index in [4.69, 9.17) is 18.9 Å². The summed E-state index contributed by atoms with van der Waals surface area (Å²) in [5.74, 6) is -6.04. The summed E-state index contributed by atoms with van der Waals surface area (Å²) in [5.41, 5.74) is 4.82. The van der Waals surface area contributed by atoms with E-state index in [0.717, 1.165) is 22.3 Å². The summed E-state index contributed by atoms with van der Waals surface area (Å²) in [6, 6.07) is 22.5. The Kier molecular flexibility index (Phi) is 13.6. The molecular formula is C42H30F2O14. The topological polar surface area (TPSA) is 176 Å². The van der Waals surface area contributed by atoms with Crippen molar-refractivity contribution < 1.29 is 75.4 Å². The first kappa shape index (κ1) is 41.3. The van der Waals surface area contributed by atoms with Gasteiger partial charge >= 0.3 is 36.2 Å². The van der Waals surface area contributed by atoms with Crippen LogP contribution in [0.3, 0.4) is 0 Å². The molecule has 4 aromatic carbocycles. The summed E-state index contributed by atoms with van der Waals surface area (Å²) in [6.45, 7) is 5.74. The van der Waals surface area contributed by atoms with Crippen LogP contribution in [0.15, 0.2) is 122 Å². The van der Waals surface area contributed by atoms with Gasteiger partial charge in [-0.3, -0.25) is 0 Å². The van der Waals surface area contributed by atoms with Crippen LogP contribution in [0.2, 0.25) is 0 Å². The third-order valence-electron chi connectivity index (χ3n) is 7.87. The Morgan fingerprint density at radius 2 is 0.897 bits per heavy atom. The highest BCUT2D eigenvalue weighted by Gasteiger charge is 2.27. The molecule has 4 aromatic rings. The minimum absolute atomic E-state index is 0.0906. The van der Waals surface area contributed by atoms with E-state index in [1.54, 1.807) is 48.5 Å². The van der Waals surface area contributed by atoms with Crippen molar-refractivity contribution in [3.8, 4) is 34.1 Å². The monoisotopic (exact) mass is 796 g/mol. The Hall–Kier alpha value is -7.88. The maximum Gasteiger partial charge on any atom is 0.516 e. The zero-order valence-electron chi connectivity index (χ0n) is 30.3. The number of fused-ring (bicyclic) bond motifs is 3. The van der Waals surface area contributed by atoms with E-state index >= 15 is 0 Å². The van der Waals surface area contributed by atoms with E-state index in [1.165, 1.54) is 48.6 Å². The van der Waals surface area contributed by atoms with Gasteiger partial charge in [0.25, 0.3) is 0 Å². The molecular weight excluding hydrogens is 766 g/mol. The fraction of sp³-hybridized carbons (Fsp3) is 0.0952. The molecule has 0 unspecified atom stereocenters. The standard InChI is InChI=1S/C42H30F2O14/c1-24-35-20-31(55-37(45)18-8-27-4-10-29(11-5-27)57-41(49)53-22-51-39(47)25(2)43)14-16-33(35)34-17-15-32(21-36(24)34)56-38(46)19-9-28-6-12-30(13-7-28)58-42(50)54-23-52-40(48)26(3)44/h4-21,24H,2-3,22-23H2,1H3/b18-8+,19-9+. The van der Waals surface area contributed by atoms with E-state index < -0.39 is 61.4 Å². The maximum atomic E-state index is 12.6. The van der Waals surface area contributed by atoms with Gasteiger partial charge < -0.3 is 37.9 Å². The molecule has 0 bridgehead atoms. The zero-order valence-corrected chi connectivity index (χ0v) is 30.3. The van der Waals surface area contributed by atoms with Crippen LogP contribution in [0.5, 0.6) is 23.0 Å². The average Bonchev–Trinajstić information content (AvgIpc) is 3.46. The minimum atomic E-state index is -1.37. The predicted molar refractivity (Wildman–Crippen MR) is 198 cm³/mol. The van der Waals surface area contributed by atoms with E-state index in [0.29, 0.717) is 22.6 Å². The molecule has 0 aliphatic heterocycles. The Morgan fingerprint density at radius 3 is 1.26 bits per heavy atom. The fourth-order valence-electron chi connectivity index (χ4n) is 5.18. The third kappa shape index (κ3) is 11.6. The van der Waals surface area contributed by atoms with Crippen LogP contribution in [-0.4, -0.2) is 49.8 Å². The molecule has 0 fully saturated rings. The summed E-state index contributed by atoms with van der Waals surface area (Å²) in [7, 11) is 0. The second-order valence-corrected chi connectivity index (χ2v) is 11.8. The number of rotatable bonds is 14. The summed E-state index contributed by atoms with van der Waals surface area (Å²) < 4.78 is 63.7. The van der Waals surface area contributed by atoms with Crippen molar-refractivity contribution >= 4 is 48.3 Å². The number of hydrogen-bond donors (Lipinski definition) is 0. The molecule has 0 N–H and O–H groups in total. The van der Waals surface area contributed by atoms with Crippen molar-refractivity contribution in [3.63, 3.8) is 0 Å². The lowest BCUT2D eigenvalue weighted by molar-refractivity contribution is -0.150. The van der Waals surface area contributed by atoms with Crippen molar-refractivity contribution in [2.45, 2.75) is 12.8 Å². The molecule has 0 atom stereocenters. The van der Waals surface area contributed by atoms with E-state index in [1.807, 2.05) is 19.1 Å².